The van der Waals surface area contributed by atoms with Crippen LogP contribution in [0.1, 0.15) is 6.92 Å². The van der Waals surface area contributed by atoms with Crippen LogP contribution in [0.2, 0.25) is 0 Å². The van der Waals surface area contributed by atoms with E-state index in [1.54, 1.807) is 0 Å². The van der Waals surface area contributed by atoms with Gasteiger partial charge in [0.1, 0.15) is 4.71 Å². The van der Waals surface area contributed by atoms with Gasteiger partial charge >= 0.3 is 0 Å². The van der Waals surface area contributed by atoms with Crippen LogP contribution in [-0.4, -0.2) is 17.5 Å². The molecule has 1 aromatic rings. The average molecular weight is 211 g/mol. The van der Waals surface area contributed by atoms with E-state index in [2.05, 4.69) is 43.1 Å². The summed E-state index contributed by atoms with van der Waals surface area (Å²) in [5.74, 6) is 1.18. The number of hydrogen-bond donors (Lipinski definition) is 0. The van der Waals surface area contributed by atoms with E-state index in [0.717, 1.165) is 0 Å². The van der Waals surface area contributed by atoms with Gasteiger partial charge in [0, 0.05) is 11.9 Å². The molecule has 0 fully saturated rings. The quantitative estimate of drug-likeness (QED) is 0.739. The second kappa shape index (κ2) is 3.84. The molecule has 3 heteroatoms. The Bertz CT molecular complexity index is 301. The highest BCUT2D eigenvalue weighted by Crippen LogP contribution is 2.46. The predicted molar refractivity (Wildman–Crippen MR) is 62.6 cm³/mol. The number of benzene rings is 1. The lowest BCUT2D eigenvalue weighted by Gasteiger charge is -2.19. The minimum absolute atomic E-state index is 0.572. The fourth-order valence-corrected chi connectivity index (χ4v) is 4.03. The molecule has 0 saturated carbocycles. The van der Waals surface area contributed by atoms with Crippen LogP contribution in [0.15, 0.2) is 29.2 Å². The second-order valence-corrected chi connectivity index (χ2v) is 5.74. The molecule has 0 saturated heterocycles. The van der Waals surface area contributed by atoms with Gasteiger partial charge in [-0.3, -0.25) is 0 Å². The first kappa shape index (κ1) is 9.28. The van der Waals surface area contributed by atoms with Crippen molar-refractivity contribution in [3.05, 3.63) is 24.3 Å². The monoisotopic (exact) mass is 211 g/mol. The van der Waals surface area contributed by atoms with E-state index in [1.165, 1.54) is 16.3 Å². The largest absolute Gasteiger partial charge is 0.353 e. The van der Waals surface area contributed by atoms with Crippen LogP contribution in [-0.2, 0) is 0 Å². The molecule has 1 unspecified atom stereocenters. The third kappa shape index (κ3) is 1.67. The summed E-state index contributed by atoms with van der Waals surface area (Å²) in [5.41, 5.74) is 1.37. The summed E-state index contributed by atoms with van der Waals surface area (Å²) in [6.45, 7) is 2.21. The van der Waals surface area contributed by atoms with E-state index in [0.29, 0.717) is 4.71 Å². The summed E-state index contributed by atoms with van der Waals surface area (Å²) in [5, 5.41) is 0. The van der Waals surface area contributed by atoms with Crippen molar-refractivity contribution >= 4 is 29.2 Å². The number of anilines is 1. The zero-order valence-electron chi connectivity index (χ0n) is 7.86. The molecule has 13 heavy (non-hydrogen) atoms. The van der Waals surface area contributed by atoms with Gasteiger partial charge in [-0.2, -0.15) is 0 Å². The van der Waals surface area contributed by atoms with Crippen molar-refractivity contribution in [2.75, 3.05) is 17.7 Å². The van der Waals surface area contributed by atoms with E-state index in [4.69, 9.17) is 0 Å². The Morgan fingerprint density at radius 2 is 2.23 bits per heavy atom. The summed E-state index contributed by atoms with van der Waals surface area (Å²) in [7, 11) is 2.17. The average Bonchev–Trinajstić information content (AvgIpc) is 2.46. The smallest absolute Gasteiger partial charge is 0.126 e. The maximum Gasteiger partial charge on any atom is 0.126 e. The lowest BCUT2D eigenvalue weighted by molar-refractivity contribution is 1.06. The molecule has 1 aliphatic heterocycles. The maximum absolute atomic E-state index is 2.36. The lowest BCUT2D eigenvalue weighted by Crippen LogP contribution is -2.21. The van der Waals surface area contributed by atoms with Crippen LogP contribution in [0.3, 0.4) is 0 Å². The van der Waals surface area contributed by atoms with Crippen molar-refractivity contribution in [3.8, 4) is 0 Å². The molecule has 0 N–H and O–H groups in total. The lowest BCUT2D eigenvalue weighted by atomic mass is 10.3. The van der Waals surface area contributed by atoms with Crippen LogP contribution in [0.25, 0.3) is 0 Å². The number of nitrogens with zero attached hydrogens (tertiary/aromatic N) is 1. The SMILES string of the molecule is CCSC1Sc2ccccc2N1C. The maximum atomic E-state index is 2.36. The zero-order chi connectivity index (χ0) is 9.26. The molecule has 0 amide bonds. The molecule has 0 aromatic heterocycles. The molecule has 0 spiro atoms. The molecule has 1 aromatic carbocycles. The molecule has 70 valence electrons. The number of rotatable bonds is 2. The van der Waals surface area contributed by atoms with Crippen molar-refractivity contribution in [1.29, 1.82) is 0 Å². The van der Waals surface area contributed by atoms with Gasteiger partial charge in [-0.15, -0.1) is 11.8 Å². The van der Waals surface area contributed by atoms with E-state index in [9.17, 15) is 0 Å². The first-order chi connectivity index (χ1) is 6.33. The first-order valence-electron chi connectivity index (χ1n) is 4.43. The van der Waals surface area contributed by atoms with Crippen LogP contribution < -0.4 is 4.90 Å². The summed E-state index contributed by atoms with van der Waals surface area (Å²) < 4.78 is 0.572. The first-order valence-corrected chi connectivity index (χ1v) is 6.36. The van der Waals surface area contributed by atoms with Gasteiger partial charge in [0.05, 0.1) is 5.69 Å². The molecule has 1 nitrogen and oxygen atoms in total. The summed E-state index contributed by atoms with van der Waals surface area (Å²) in [6.07, 6.45) is 0. The minimum atomic E-state index is 0.572. The number of para-hydroxylation sites is 1. The molecule has 0 radical (unpaired) electrons. The third-order valence-electron chi connectivity index (χ3n) is 2.10. The standard InChI is InChI=1S/C10H13NS2/c1-3-12-10-11(2)8-6-4-5-7-9(8)13-10/h4-7,10H,3H2,1-2H3. The number of thioether (sulfide) groups is 2. The third-order valence-corrected chi connectivity index (χ3v) is 4.85. The summed E-state index contributed by atoms with van der Waals surface area (Å²) in [4.78, 5) is 3.77. The minimum Gasteiger partial charge on any atom is -0.353 e. The molecule has 0 aliphatic carbocycles. The fourth-order valence-electron chi connectivity index (χ4n) is 1.44. The van der Waals surface area contributed by atoms with Crippen LogP contribution >= 0.6 is 23.5 Å². The van der Waals surface area contributed by atoms with Gasteiger partial charge in [-0.1, -0.05) is 30.8 Å². The number of hydrogen-bond acceptors (Lipinski definition) is 3. The Hall–Kier alpha value is -0.280. The van der Waals surface area contributed by atoms with E-state index < -0.39 is 0 Å². The highest BCUT2D eigenvalue weighted by atomic mass is 32.2. The highest BCUT2D eigenvalue weighted by Gasteiger charge is 2.26. The Balaban J connectivity index is 2.22. The fraction of sp³-hybridized carbons (Fsp3) is 0.400. The van der Waals surface area contributed by atoms with Crippen molar-refractivity contribution in [2.45, 2.75) is 16.5 Å². The Morgan fingerprint density at radius 1 is 1.46 bits per heavy atom. The van der Waals surface area contributed by atoms with Gasteiger partial charge < -0.3 is 4.90 Å². The molecular weight excluding hydrogens is 198 g/mol. The Morgan fingerprint density at radius 3 is 2.92 bits per heavy atom. The van der Waals surface area contributed by atoms with Gasteiger partial charge in [0.25, 0.3) is 0 Å². The van der Waals surface area contributed by atoms with Crippen molar-refractivity contribution in [1.82, 2.24) is 0 Å². The van der Waals surface area contributed by atoms with Crippen LogP contribution in [0.5, 0.6) is 0 Å². The predicted octanol–water partition coefficient (Wildman–Crippen LogP) is 3.27. The van der Waals surface area contributed by atoms with Crippen LogP contribution in [0.4, 0.5) is 5.69 Å². The Labute approximate surface area is 87.9 Å². The summed E-state index contributed by atoms with van der Waals surface area (Å²) >= 11 is 3.95. The van der Waals surface area contributed by atoms with Crippen molar-refractivity contribution < 1.29 is 0 Å². The van der Waals surface area contributed by atoms with E-state index in [1.807, 2.05) is 23.5 Å². The molecule has 2 rings (SSSR count). The molecule has 1 atom stereocenters. The van der Waals surface area contributed by atoms with Gasteiger partial charge in [-0.25, -0.2) is 0 Å². The molecular formula is C10H13NS2. The zero-order valence-corrected chi connectivity index (χ0v) is 9.49. The highest BCUT2D eigenvalue weighted by molar-refractivity contribution is 8.17. The normalized spacial score (nSPS) is 20.5. The second-order valence-electron chi connectivity index (χ2n) is 2.96. The van der Waals surface area contributed by atoms with Gasteiger partial charge in [-0.05, 0) is 17.9 Å². The Kier molecular flexibility index (Phi) is 2.74. The molecule has 1 aliphatic rings. The topological polar surface area (TPSA) is 3.24 Å². The van der Waals surface area contributed by atoms with Gasteiger partial charge in [0.2, 0.25) is 0 Å². The van der Waals surface area contributed by atoms with Crippen LogP contribution in [0, 0.1) is 0 Å². The molecule has 0 bridgehead atoms. The number of fused-ring (bicyclic) bond motifs is 1. The van der Waals surface area contributed by atoms with Crippen molar-refractivity contribution in [2.24, 2.45) is 0 Å². The van der Waals surface area contributed by atoms with E-state index in [-0.39, 0.29) is 0 Å². The van der Waals surface area contributed by atoms with Crippen molar-refractivity contribution in [3.63, 3.8) is 0 Å². The summed E-state index contributed by atoms with van der Waals surface area (Å²) in [6, 6.07) is 8.61. The van der Waals surface area contributed by atoms with E-state index >= 15 is 0 Å². The van der Waals surface area contributed by atoms with Gasteiger partial charge in [0.15, 0.2) is 0 Å². The molecule has 1 heterocycles.